The lowest BCUT2D eigenvalue weighted by molar-refractivity contribution is -0.137. The summed E-state index contributed by atoms with van der Waals surface area (Å²) in [6, 6.07) is 5.21. The standard InChI is InChI=1S/C21H21NO6S2/c1-2-20(23)27-6-8-30-10-9-29-7-5-26-19-12-16-11-17(15-3-4-25-14-15)21(24)28-18(16)13-22-19/h2-4,11-14H,1,5-10H2. The van der Waals surface area contributed by atoms with Crippen LogP contribution in [0.15, 0.2) is 63.2 Å². The quantitative estimate of drug-likeness (QED) is 0.232. The summed E-state index contributed by atoms with van der Waals surface area (Å²) in [5.41, 5.74) is 1.07. The Hall–Kier alpha value is -2.65. The van der Waals surface area contributed by atoms with Crippen LogP contribution in [0, 0.1) is 0 Å². The lowest BCUT2D eigenvalue weighted by Gasteiger charge is -2.07. The SMILES string of the molecule is C=CC(=O)OCCSCCSCCOc1cc2cc(-c3ccoc3)c(=O)oc2cn1. The second-order valence-corrected chi connectivity index (χ2v) is 8.41. The lowest BCUT2D eigenvalue weighted by Crippen LogP contribution is -2.05. The van der Waals surface area contributed by atoms with E-state index in [9.17, 15) is 9.59 Å². The molecule has 9 heteroatoms. The number of aromatic nitrogens is 1. The van der Waals surface area contributed by atoms with Gasteiger partial charge in [-0.3, -0.25) is 0 Å². The van der Waals surface area contributed by atoms with Gasteiger partial charge in [-0.15, -0.1) is 0 Å². The van der Waals surface area contributed by atoms with Crippen LogP contribution in [0.25, 0.3) is 22.1 Å². The van der Waals surface area contributed by atoms with E-state index in [-0.39, 0.29) is 5.97 Å². The highest BCUT2D eigenvalue weighted by molar-refractivity contribution is 8.02. The third kappa shape index (κ3) is 6.43. The molecule has 0 bridgehead atoms. The van der Waals surface area contributed by atoms with Crippen LogP contribution in [0.1, 0.15) is 0 Å². The number of hydrogen-bond donors (Lipinski definition) is 0. The monoisotopic (exact) mass is 447 g/mol. The van der Waals surface area contributed by atoms with Gasteiger partial charge in [0.15, 0.2) is 5.58 Å². The Balaban J connectivity index is 1.40. The number of pyridine rings is 1. The van der Waals surface area contributed by atoms with Crippen molar-refractivity contribution in [3.63, 3.8) is 0 Å². The van der Waals surface area contributed by atoms with Gasteiger partial charge in [-0.1, -0.05) is 6.58 Å². The number of furan rings is 1. The normalized spacial score (nSPS) is 10.8. The Kier molecular flexibility index (Phi) is 8.46. The molecule has 0 aromatic carbocycles. The predicted molar refractivity (Wildman–Crippen MR) is 119 cm³/mol. The maximum atomic E-state index is 12.1. The van der Waals surface area contributed by atoms with Crippen LogP contribution in [0.4, 0.5) is 0 Å². The van der Waals surface area contributed by atoms with Crippen molar-refractivity contribution in [3.05, 3.63) is 60.0 Å². The number of fused-ring (bicyclic) bond motifs is 1. The van der Waals surface area contributed by atoms with Crippen LogP contribution in [0.3, 0.4) is 0 Å². The number of ether oxygens (including phenoxy) is 2. The summed E-state index contributed by atoms with van der Waals surface area (Å²) in [5.74, 6) is 3.65. The molecular formula is C21H21NO6S2. The number of carbonyl (C=O) groups excluding carboxylic acids is 1. The molecule has 0 aliphatic rings. The molecule has 0 saturated heterocycles. The number of nitrogens with zero attached hydrogens (tertiary/aromatic N) is 1. The largest absolute Gasteiger partial charge is 0.477 e. The maximum absolute atomic E-state index is 12.1. The second kappa shape index (κ2) is 11.5. The summed E-state index contributed by atoms with van der Waals surface area (Å²) in [4.78, 5) is 27.2. The summed E-state index contributed by atoms with van der Waals surface area (Å²) in [6.45, 7) is 4.28. The molecule has 0 N–H and O–H groups in total. The van der Waals surface area contributed by atoms with Gasteiger partial charge in [0.2, 0.25) is 5.88 Å². The molecule has 3 heterocycles. The highest BCUT2D eigenvalue weighted by Gasteiger charge is 2.10. The molecule has 0 aliphatic heterocycles. The van der Waals surface area contributed by atoms with Crippen molar-refractivity contribution in [1.82, 2.24) is 4.98 Å². The van der Waals surface area contributed by atoms with Gasteiger partial charge in [-0.05, 0) is 12.1 Å². The first-order chi connectivity index (χ1) is 14.7. The number of carbonyl (C=O) groups is 1. The molecule has 0 saturated carbocycles. The van der Waals surface area contributed by atoms with E-state index in [2.05, 4.69) is 11.6 Å². The summed E-state index contributed by atoms with van der Waals surface area (Å²) in [6.07, 6.45) is 5.67. The van der Waals surface area contributed by atoms with Gasteiger partial charge in [0, 0.05) is 46.1 Å². The first-order valence-corrected chi connectivity index (χ1v) is 11.5. The average molecular weight is 448 g/mol. The Labute approximate surface area is 181 Å². The zero-order chi connectivity index (χ0) is 21.2. The van der Waals surface area contributed by atoms with Crippen molar-refractivity contribution in [2.45, 2.75) is 0 Å². The van der Waals surface area contributed by atoms with Crippen LogP contribution in [-0.2, 0) is 9.53 Å². The summed E-state index contributed by atoms with van der Waals surface area (Å²) < 4.78 is 21.0. The molecule has 0 spiro atoms. The number of rotatable bonds is 12. The molecular weight excluding hydrogens is 426 g/mol. The smallest absolute Gasteiger partial charge is 0.344 e. The van der Waals surface area contributed by atoms with Gasteiger partial charge < -0.3 is 18.3 Å². The first kappa shape index (κ1) is 22.0. The van der Waals surface area contributed by atoms with E-state index in [1.165, 1.54) is 24.8 Å². The fourth-order valence-electron chi connectivity index (χ4n) is 2.49. The van der Waals surface area contributed by atoms with Crippen molar-refractivity contribution >= 4 is 40.5 Å². The molecule has 158 valence electrons. The fourth-order valence-corrected chi connectivity index (χ4v) is 4.24. The van der Waals surface area contributed by atoms with Gasteiger partial charge in [0.25, 0.3) is 0 Å². The summed E-state index contributed by atoms with van der Waals surface area (Å²) in [7, 11) is 0. The zero-order valence-corrected chi connectivity index (χ0v) is 17.8. The number of thioether (sulfide) groups is 2. The molecule has 3 aromatic rings. The molecule has 3 rings (SSSR count). The average Bonchev–Trinajstić information content (AvgIpc) is 3.29. The minimum Gasteiger partial charge on any atom is -0.477 e. The number of hydrogen-bond acceptors (Lipinski definition) is 9. The molecule has 0 unspecified atom stereocenters. The summed E-state index contributed by atoms with van der Waals surface area (Å²) >= 11 is 3.51. The van der Waals surface area contributed by atoms with E-state index >= 15 is 0 Å². The van der Waals surface area contributed by atoms with Gasteiger partial charge in [-0.25, -0.2) is 14.6 Å². The Bertz CT molecular complexity index is 1030. The highest BCUT2D eigenvalue weighted by atomic mass is 32.2. The molecule has 0 amide bonds. The molecule has 0 radical (unpaired) electrons. The van der Waals surface area contributed by atoms with Crippen molar-refractivity contribution in [3.8, 4) is 17.0 Å². The lowest BCUT2D eigenvalue weighted by atomic mass is 10.1. The molecule has 7 nitrogen and oxygen atoms in total. The predicted octanol–water partition coefficient (Wildman–Crippen LogP) is 4.02. The van der Waals surface area contributed by atoms with Crippen molar-refractivity contribution in [2.24, 2.45) is 0 Å². The van der Waals surface area contributed by atoms with Gasteiger partial charge in [0.1, 0.15) is 6.61 Å². The minimum absolute atomic E-state index is 0.385. The van der Waals surface area contributed by atoms with Crippen LogP contribution in [-0.4, -0.2) is 47.2 Å². The Morgan fingerprint density at radius 2 is 1.97 bits per heavy atom. The summed E-state index contributed by atoms with van der Waals surface area (Å²) in [5, 5.41) is 0.733. The molecule has 0 atom stereocenters. The Morgan fingerprint density at radius 3 is 2.70 bits per heavy atom. The van der Waals surface area contributed by atoms with Gasteiger partial charge in [0.05, 0.1) is 30.9 Å². The van der Waals surface area contributed by atoms with E-state index in [0.29, 0.717) is 35.8 Å². The molecule has 30 heavy (non-hydrogen) atoms. The van der Waals surface area contributed by atoms with Crippen molar-refractivity contribution < 1.29 is 23.1 Å². The number of esters is 1. The van der Waals surface area contributed by atoms with E-state index in [4.69, 9.17) is 18.3 Å². The topological polar surface area (TPSA) is 91.8 Å². The molecule has 0 aliphatic carbocycles. The maximum Gasteiger partial charge on any atom is 0.344 e. The first-order valence-electron chi connectivity index (χ1n) is 9.21. The van der Waals surface area contributed by atoms with E-state index in [1.807, 2.05) is 0 Å². The molecule has 0 fully saturated rings. The Morgan fingerprint density at radius 1 is 1.17 bits per heavy atom. The van der Waals surface area contributed by atoms with E-state index in [1.54, 1.807) is 41.7 Å². The fraction of sp³-hybridized carbons (Fsp3) is 0.286. The minimum atomic E-state index is -0.437. The van der Waals surface area contributed by atoms with E-state index in [0.717, 1.165) is 28.4 Å². The van der Waals surface area contributed by atoms with Gasteiger partial charge in [-0.2, -0.15) is 23.5 Å². The van der Waals surface area contributed by atoms with Crippen molar-refractivity contribution in [2.75, 3.05) is 36.2 Å². The molecule has 3 aromatic heterocycles. The van der Waals surface area contributed by atoms with Gasteiger partial charge >= 0.3 is 11.6 Å². The van der Waals surface area contributed by atoms with Crippen LogP contribution in [0.2, 0.25) is 0 Å². The van der Waals surface area contributed by atoms with Crippen molar-refractivity contribution in [1.29, 1.82) is 0 Å². The van der Waals surface area contributed by atoms with Crippen LogP contribution in [0.5, 0.6) is 5.88 Å². The van der Waals surface area contributed by atoms with Crippen LogP contribution >= 0.6 is 23.5 Å². The van der Waals surface area contributed by atoms with Crippen LogP contribution < -0.4 is 10.4 Å². The highest BCUT2D eigenvalue weighted by Crippen LogP contribution is 2.23. The third-order valence-electron chi connectivity index (χ3n) is 3.92. The van der Waals surface area contributed by atoms with E-state index < -0.39 is 5.63 Å². The second-order valence-electron chi connectivity index (χ2n) is 5.96. The third-order valence-corrected chi connectivity index (χ3v) is 6.07. The zero-order valence-electron chi connectivity index (χ0n) is 16.2.